The molecule has 0 atom stereocenters. The number of amides is 1. The van der Waals surface area contributed by atoms with E-state index in [0.29, 0.717) is 31.9 Å². The van der Waals surface area contributed by atoms with Crippen molar-refractivity contribution in [1.82, 2.24) is 9.88 Å². The number of ether oxygens (including phenoxy) is 2. The average molecular weight is 439 g/mol. The quantitative estimate of drug-likeness (QED) is 0.402. The highest BCUT2D eigenvalue weighted by Gasteiger charge is 2.17. The lowest BCUT2D eigenvalue weighted by Gasteiger charge is -2.22. The van der Waals surface area contributed by atoms with Gasteiger partial charge >= 0.3 is 0 Å². The highest BCUT2D eigenvalue weighted by Crippen LogP contribution is 2.20. The largest absolute Gasteiger partial charge is 0.486 e. The minimum atomic E-state index is 0.0111. The minimum Gasteiger partial charge on any atom is -0.486 e. The van der Waals surface area contributed by atoms with Gasteiger partial charge in [-0.05, 0) is 62.6 Å². The molecule has 0 fully saturated rings. The summed E-state index contributed by atoms with van der Waals surface area (Å²) in [5.74, 6) is 0.854. The number of benzene rings is 2. The van der Waals surface area contributed by atoms with Crippen LogP contribution in [0.1, 0.15) is 44.2 Å². The lowest BCUT2D eigenvalue weighted by molar-refractivity contribution is 0.0721. The van der Waals surface area contributed by atoms with Gasteiger partial charge in [-0.1, -0.05) is 23.8 Å². The standard InChI is InChI=1S/C25H30N2O3S/c1-18-6-9-21(10-7-18)25(28)27(12-5-13-29-4)15-22-17-31-24(26-22)16-30-23-11-8-19(2)20(3)14-23/h6-11,14,17H,5,12-13,15-16H2,1-4H3. The lowest BCUT2D eigenvalue weighted by Crippen LogP contribution is -2.32. The van der Waals surface area contributed by atoms with Gasteiger partial charge in [0.2, 0.25) is 0 Å². The molecule has 0 spiro atoms. The zero-order valence-electron chi connectivity index (χ0n) is 18.7. The van der Waals surface area contributed by atoms with Crippen molar-refractivity contribution in [3.63, 3.8) is 0 Å². The van der Waals surface area contributed by atoms with Crippen LogP contribution in [0.15, 0.2) is 47.8 Å². The molecule has 6 heteroatoms. The van der Waals surface area contributed by atoms with Gasteiger partial charge in [0.1, 0.15) is 17.4 Å². The van der Waals surface area contributed by atoms with Crippen LogP contribution in [-0.2, 0) is 17.9 Å². The molecule has 3 aromatic rings. The number of rotatable bonds is 10. The van der Waals surface area contributed by atoms with Crippen molar-refractivity contribution >= 4 is 17.2 Å². The number of nitrogens with zero attached hydrogens (tertiary/aromatic N) is 2. The van der Waals surface area contributed by atoms with Crippen LogP contribution in [0.5, 0.6) is 5.75 Å². The third kappa shape index (κ3) is 6.64. The monoisotopic (exact) mass is 438 g/mol. The van der Waals surface area contributed by atoms with Crippen LogP contribution in [0.25, 0.3) is 0 Å². The molecule has 5 nitrogen and oxygen atoms in total. The van der Waals surface area contributed by atoms with Crippen LogP contribution >= 0.6 is 11.3 Å². The Labute approximate surface area is 188 Å². The molecular weight excluding hydrogens is 408 g/mol. The maximum atomic E-state index is 13.1. The molecule has 0 aliphatic heterocycles. The number of hydrogen-bond acceptors (Lipinski definition) is 5. The number of aryl methyl sites for hydroxylation is 3. The molecule has 0 saturated heterocycles. The number of aromatic nitrogens is 1. The normalized spacial score (nSPS) is 10.8. The van der Waals surface area contributed by atoms with E-state index in [1.54, 1.807) is 18.4 Å². The highest BCUT2D eigenvalue weighted by atomic mass is 32.1. The van der Waals surface area contributed by atoms with Gasteiger partial charge in [-0.25, -0.2) is 4.98 Å². The molecule has 0 aliphatic carbocycles. The molecule has 1 aromatic heterocycles. The molecule has 164 valence electrons. The van der Waals surface area contributed by atoms with E-state index in [4.69, 9.17) is 14.5 Å². The van der Waals surface area contributed by atoms with E-state index in [1.165, 1.54) is 11.1 Å². The van der Waals surface area contributed by atoms with E-state index in [-0.39, 0.29) is 5.91 Å². The summed E-state index contributed by atoms with van der Waals surface area (Å²) in [6.45, 7) is 8.30. The molecule has 0 aliphatic rings. The van der Waals surface area contributed by atoms with Crippen molar-refractivity contribution in [2.45, 2.75) is 40.3 Å². The van der Waals surface area contributed by atoms with E-state index in [2.05, 4.69) is 19.9 Å². The third-order valence-corrected chi connectivity index (χ3v) is 6.03. The molecular formula is C25H30N2O3S. The number of hydrogen-bond donors (Lipinski definition) is 0. The van der Waals surface area contributed by atoms with E-state index < -0.39 is 0 Å². The summed E-state index contributed by atoms with van der Waals surface area (Å²) in [6, 6.07) is 13.8. The zero-order valence-corrected chi connectivity index (χ0v) is 19.5. The summed E-state index contributed by atoms with van der Waals surface area (Å²) in [5.41, 5.74) is 5.16. The fourth-order valence-corrected chi connectivity index (χ4v) is 3.86. The predicted octanol–water partition coefficient (Wildman–Crippen LogP) is 5.33. The van der Waals surface area contributed by atoms with Crippen LogP contribution in [0, 0.1) is 20.8 Å². The maximum Gasteiger partial charge on any atom is 0.254 e. The number of carbonyl (C=O) groups is 1. The summed E-state index contributed by atoms with van der Waals surface area (Å²) >= 11 is 1.56. The summed E-state index contributed by atoms with van der Waals surface area (Å²) in [6.07, 6.45) is 0.779. The summed E-state index contributed by atoms with van der Waals surface area (Å²) < 4.78 is 11.1. The molecule has 1 amide bonds. The van der Waals surface area contributed by atoms with Crippen LogP contribution < -0.4 is 4.74 Å². The fourth-order valence-electron chi connectivity index (χ4n) is 3.16. The Hall–Kier alpha value is -2.70. The van der Waals surface area contributed by atoms with Crippen LogP contribution in [-0.4, -0.2) is 36.1 Å². The summed E-state index contributed by atoms with van der Waals surface area (Å²) in [4.78, 5) is 19.6. The van der Waals surface area contributed by atoms with Gasteiger partial charge in [-0.3, -0.25) is 4.79 Å². The fraction of sp³-hybridized carbons (Fsp3) is 0.360. The summed E-state index contributed by atoms with van der Waals surface area (Å²) in [7, 11) is 1.67. The second-order valence-corrected chi connectivity index (χ2v) is 8.65. The van der Waals surface area contributed by atoms with Crippen LogP contribution in [0.4, 0.5) is 0 Å². The average Bonchev–Trinajstić information content (AvgIpc) is 3.21. The zero-order chi connectivity index (χ0) is 22.2. The molecule has 1 heterocycles. The van der Waals surface area contributed by atoms with Gasteiger partial charge in [-0.15, -0.1) is 11.3 Å². The number of thiazole rings is 1. The Morgan fingerprint density at radius 3 is 2.55 bits per heavy atom. The molecule has 0 saturated carbocycles. The van der Waals surface area contributed by atoms with Crippen LogP contribution in [0.3, 0.4) is 0 Å². The highest BCUT2D eigenvalue weighted by molar-refractivity contribution is 7.09. The van der Waals surface area contributed by atoms with Gasteiger partial charge in [0.15, 0.2) is 0 Å². The van der Waals surface area contributed by atoms with Crippen LogP contribution in [0.2, 0.25) is 0 Å². The summed E-state index contributed by atoms with van der Waals surface area (Å²) in [5, 5.41) is 2.90. The Morgan fingerprint density at radius 2 is 1.84 bits per heavy atom. The third-order valence-electron chi connectivity index (χ3n) is 5.16. The first-order valence-electron chi connectivity index (χ1n) is 10.4. The van der Waals surface area contributed by atoms with Crippen molar-refractivity contribution in [3.05, 3.63) is 80.8 Å². The Kier molecular flexibility index (Phi) is 8.20. The van der Waals surface area contributed by atoms with E-state index in [9.17, 15) is 4.79 Å². The second kappa shape index (κ2) is 11.1. The maximum absolute atomic E-state index is 13.1. The lowest BCUT2D eigenvalue weighted by atomic mass is 10.1. The first kappa shape index (κ1) is 23.0. The van der Waals surface area contributed by atoms with Crippen molar-refractivity contribution in [1.29, 1.82) is 0 Å². The Morgan fingerprint density at radius 1 is 1.06 bits per heavy atom. The van der Waals surface area contributed by atoms with Crippen molar-refractivity contribution in [2.75, 3.05) is 20.3 Å². The van der Waals surface area contributed by atoms with Crippen molar-refractivity contribution in [2.24, 2.45) is 0 Å². The van der Waals surface area contributed by atoms with Gasteiger partial charge in [0, 0.05) is 31.2 Å². The molecule has 0 bridgehead atoms. The van der Waals surface area contributed by atoms with Gasteiger partial charge in [0.25, 0.3) is 5.91 Å². The second-order valence-electron chi connectivity index (χ2n) is 7.71. The Bertz CT molecular complexity index is 998. The van der Waals surface area contributed by atoms with Crippen molar-refractivity contribution in [3.8, 4) is 5.75 Å². The molecule has 0 N–H and O–H groups in total. The first-order valence-corrected chi connectivity index (χ1v) is 11.3. The van der Waals surface area contributed by atoms with E-state index in [0.717, 1.165) is 28.4 Å². The van der Waals surface area contributed by atoms with Gasteiger partial charge < -0.3 is 14.4 Å². The van der Waals surface area contributed by atoms with Crippen molar-refractivity contribution < 1.29 is 14.3 Å². The number of carbonyl (C=O) groups excluding carboxylic acids is 1. The molecule has 31 heavy (non-hydrogen) atoms. The first-order chi connectivity index (χ1) is 15.0. The molecule has 2 aromatic carbocycles. The smallest absolute Gasteiger partial charge is 0.254 e. The van der Waals surface area contributed by atoms with E-state index in [1.807, 2.05) is 53.6 Å². The molecule has 0 unspecified atom stereocenters. The molecule has 3 rings (SSSR count). The minimum absolute atomic E-state index is 0.0111. The molecule has 0 radical (unpaired) electrons. The van der Waals surface area contributed by atoms with E-state index >= 15 is 0 Å². The SMILES string of the molecule is COCCCN(Cc1csc(COc2ccc(C)c(C)c2)n1)C(=O)c1ccc(C)cc1. The predicted molar refractivity (Wildman–Crippen MR) is 125 cm³/mol. The number of methoxy groups -OCH3 is 1. The van der Waals surface area contributed by atoms with Gasteiger partial charge in [-0.2, -0.15) is 0 Å². The Balaban J connectivity index is 1.65. The van der Waals surface area contributed by atoms with Gasteiger partial charge in [0.05, 0.1) is 12.2 Å². The topological polar surface area (TPSA) is 51.7 Å².